The first-order chi connectivity index (χ1) is 9.56. The first kappa shape index (κ1) is 14.8. The van der Waals surface area contributed by atoms with E-state index in [1.807, 2.05) is 16.8 Å². The average molecular weight is 291 g/mol. The Morgan fingerprint density at radius 1 is 1.50 bits per heavy atom. The highest BCUT2D eigenvalue weighted by Gasteiger charge is 2.15. The second-order valence-electron chi connectivity index (χ2n) is 4.94. The molecule has 0 bridgehead atoms. The van der Waals surface area contributed by atoms with E-state index in [1.54, 1.807) is 17.5 Å². The molecule has 108 valence electrons. The second-order valence-corrected chi connectivity index (χ2v) is 6.08. The third-order valence-electron chi connectivity index (χ3n) is 3.49. The van der Waals surface area contributed by atoms with Crippen LogP contribution in [0, 0.1) is 6.92 Å². The minimum Gasteiger partial charge on any atom is -0.306 e. The monoisotopic (exact) mass is 291 g/mol. The molecule has 0 aliphatic carbocycles. The van der Waals surface area contributed by atoms with Crippen molar-refractivity contribution in [2.75, 3.05) is 5.32 Å². The van der Waals surface area contributed by atoms with Crippen molar-refractivity contribution in [1.82, 2.24) is 9.78 Å². The van der Waals surface area contributed by atoms with Crippen molar-refractivity contribution >= 4 is 23.1 Å². The van der Waals surface area contributed by atoms with Gasteiger partial charge < -0.3 is 5.32 Å². The molecule has 2 heterocycles. The van der Waals surface area contributed by atoms with Crippen LogP contribution in [0.4, 0.5) is 5.82 Å². The molecule has 0 spiro atoms. The van der Waals surface area contributed by atoms with Gasteiger partial charge in [-0.1, -0.05) is 13.8 Å². The number of nitrogens with one attached hydrogen (secondary N) is 1. The number of aryl methyl sites for hydroxylation is 2. The maximum Gasteiger partial charge on any atom is 0.266 e. The minimum atomic E-state index is -0.0529. The van der Waals surface area contributed by atoms with Gasteiger partial charge in [0.2, 0.25) is 0 Å². The number of aromatic nitrogens is 2. The van der Waals surface area contributed by atoms with Gasteiger partial charge >= 0.3 is 0 Å². The smallest absolute Gasteiger partial charge is 0.266 e. The number of rotatable bonds is 5. The van der Waals surface area contributed by atoms with E-state index >= 15 is 0 Å². The minimum absolute atomic E-state index is 0.0529. The Labute approximate surface area is 123 Å². The van der Waals surface area contributed by atoms with Crippen molar-refractivity contribution in [1.29, 1.82) is 0 Å². The maximum atomic E-state index is 12.3. The van der Waals surface area contributed by atoms with Gasteiger partial charge in [-0.25, -0.2) is 4.68 Å². The van der Waals surface area contributed by atoms with Crippen molar-refractivity contribution in [2.24, 2.45) is 0 Å². The topological polar surface area (TPSA) is 46.9 Å². The van der Waals surface area contributed by atoms with Crippen molar-refractivity contribution in [2.45, 2.75) is 46.6 Å². The van der Waals surface area contributed by atoms with E-state index in [0.29, 0.717) is 0 Å². The molecule has 1 unspecified atom stereocenters. The van der Waals surface area contributed by atoms with E-state index in [4.69, 9.17) is 0 Å². The van der Waals surface area contributed by atoms with E-state index in [2.05, 4.69) is 38.1 Å². The highest BCUT2D eigenvalue weighted by molar-refractivity contribution is 7.14. The van der Waals surface area contributed by atoms with Gasteiger partial charge in [-0.3, -0.25) is 4.79 Å². The number of nitrogens with zero attached hydrogens (tertiary/aromatic N) is 2. The lowest BCUT2D eigenvalue weighted by Crippen LogP contribution is -2.16. The summed E-state index contributed by atoms with van der Waals surface area (Å²) >= 11 is 1.57. The van der Waals surface area contributed by atoms with Gasteiger partial charge in [-0.15, -0.1) is 11.3 Å². The summed E-state index contributed by atoms with van der Waals surface area (Å²) in [5, 5.41) is 7.24. The standard InChI is InChI=1S/C15H21N3OS/c1-5-11(4)18-14(7-8-16-18)17-15(19)13-9-10(3)12(6-2)20-13/h7-9,11H,5-6H2,1-4H3,(H,17,19). The third-order valence-corrected chi connectivity index (χ3v) is 4.87. The van der Waals surface area contributed by atoms with Crippen molar-refractivity contribution < 1.29 is 4.79 Å². The van der Waals surface area contributed by atoms with E-state index < -0.39 is 0 Å². The van der Waals surface area contributed by atoms with Crippen LogP contribution in [-0.4, -0.2) is 15.7 Å². The molecule has 5 heteroatoms. The SMILES string of the molecule is CCc1sc(C(=O)Nc2ccnn2C(C)CC)cc1C. The first-order valence-corrected chi connectivity index (χ1v) is 7.82. The molecule has 0 aliphatic rings. The molecule has 0 saturated carbocycles. The Hall–Kier alpha value is -1.62. The molecular formula is C15H21N3OS. The number of anilines is 1. The molecular weight excluding hydrogens is 270 g/mol. The molecule has 20 heavy (non-hydrogen) atoms. The largest absolute Gasteiger partial charge is 0.306 e. The average Bonchev–Trinajstić information content (AvgIpc) is 3.04. The molecule has 0 saturated heterocycles. The summed E-state index contributed by atoms with van der Waals surface area (Å²) in [4.78, 5) is 14.3. The van der Waals surface area contributed by atoms with Gasteiger partial charge in [0.1, 0.15) is 5.82 Å². The van der Waals surface area contributed by atoms with E-state index in [9.17, 15) is 4.79 Å². The molecule has 2 rings (SSSR count). The highest BCUT2D eigenvalue weighted by atomic mass is 32.1. The Balaban J connectivity index is 2.17. The Morgan fingerprint density at radius 3 is 2.85 bits per heavy atom. The van der Waals surface area contributed by atoms with Crippen LogP contribution in [0.1, 0.15) is 53.3 Å². The lowest BCUT2D eigenvalue weighted by atomic mass is 10.2. The van der Waals surface area contributed by atoms with Crippen molar-refractivity contribution in [3.63, 3.8) is 0 Å². The van der Waals surface area contributed by atoms with Gasteiger partial charge in [0.15, 0.2) is 0 Å². The van der Waals surface area contributed by atoms with E-state index in [-0.39, 0.29) is 11.9 Å². The normalized spacial score (nSPS) is 12.4. The number of carbonyl (C=O) groups excluding carboxylic acids is 1. The molecule has 2 aromatic rings. The van der Waals surface area contributed by atoms with E-state index in [1.165, 1.54) is 10.4 Å². The maximum absolute atomic E-state index is 12.3. The Bertz CT molecular complexity index is 600. The second kappa shape index (κ2) is 6.22. The number of carbonyl (C=O) groups is 1. The molecule has 2 aromatic heterocycles. The zero-order chi connectivity index (χ0) is 14.7. The Kier molecular flexibility index (Phi) is 4.60. The van der Waals surface area contributed by atoms with Crippen LogP contribution in [0.5, 0.6) is 0 Å². The van der Waals surface area contributed by atoms with Gasteiger partial charge in [0.25, 0.3) is 5.91 Å². The fourth-order valence-corrected chi connectivity index (χ4v) is 3.11. The van der Waals surface area contributed by atoms with Gasteiger partial charge in [0, 0.05) is 10.9 Å². The number of hydrogen-bond acceptors (Lipinski definition) is 3. The summed E-state index contributed by atoms with van der Waals surface area (Å²) in [6, 6.07) is 4.07. The van der Waals surface area contributed by atoms with E-state index in [0.717, 1.165) is 23.5 Å². The predicted molar refractivity (Wildman–Crippen MR) is 83.6 cm³/mol. The lowest BCUT2D eigenvalue weighted by Gasteiger charge is -2.13. The summed E-state index contributed by atoms with van der Waals surface area (Å²) in [5.74, 6) is 0.705. The van der Waals surface area contributed by atoms with Crippen molar-refractivity contribution in [3.05, 3.63) is 33.6 Å². The summed E-state index contributed by atoms with van der Waals surface area (Å²) < 4.78 is 1.86. The fraction of sp³-hybridized carbons (Fsp3) is 0.467. The van der Waals surface area contributed by atoms with Crippen LogP contribution in [0.15, 0.2) is 18.3 Å². The van der Waals surface area contributed by atoms with Crippen LogP contribution < -0.4 is 5.32 Å². The summed E-state index contributed by atoms with van der Waals surface area (Å²) in [7, 11) is 0. The number of hydrogen-bond donors (Lipinski definition) is 1. The molecule has 0 radical (unpaired) electrons. The lowest BCUT2D eigenvalue weighted by molar-refractivity contribution is 0.102. The Morgan fingerprint density at radius 2 is 2.25 bits per heavy atom. The van der Waals surface area contributed by atoms with Gasteiger partial charge in [0.05, 0.1) is 17.1 Å². The number of thiophene rings is 1. The molecule has 0 fully saturated rings. The zero-order valence-corrected chi connectivity index (χ0v) is 13.3. The van der Waals surface area contributed by atoms with Crippen molar-refractivity contribution in [3.8, 4) is 0 Å². The number of amides is 1. The highest BCUT2D eigenvalue weighted by Crippen LogP contribution is 2.24. The molecule has 1 amide bonds. The van der Waals surface area contributed by atoms with Crippen LogP contribution in [0.3, 0.4) is 0 Å². The van der Waals surface area contributed by atoms with Gasteiger partial charge in [-0.2, -0.15) is 5.10 Å². The molecule has 4 nitrogen and oxygen atoms in total. The summed E-state index contributed by atoms with van der Waals surface area (Å²) in [6.07, 6.45) is 3.66. The molecule has 1 atom stereocenters. The van der Waals surface area contributed by atoms with Crippen LogP contribution in [-0.2, 0) is 6.42 Å². The first-order valence-electron chi connectivity index (χ1n) is 7.01. The summed E-state index contributed by atoms with van der Waals surface area (Å²) in [5.41, 5.74) is 1.19. The van der Waals surface area contributed by atoms with Gasteiger partial charge in [-0.05, 0) is 38.3 Å². The fourth-order valence-electron chi connectivity index (χ4n) is 2.10. The third kappa shape index (κ3) is 2.93. The molecule has 0 aromatic carbocycles. The molecule has 0 aliphatic heterocycles. The van der Waals surface area contributed by atoms with Crippen LogP contribution in [0.2, 0.25) is 0 Å². The molecule has 1 N–H and O–H groups in total. The predicted octanol–water partition coefficient (Wildman–Crippen LogP) is 4.04. The van der Waals surface area contributed by atoms with Crippen LogP contribution >= 0.6 is 11.3 Å². The summed E-state index contributed by atoms with van der Waals surface area (Å²) in [6.45, 7) is 8.36. The van der Waals surface area contributed by atoms with Crippen LogP contribution in [0.25, 0.3) is 0 Å². The quantitative estimate of drug-likeness (QED) is 0.903. The zero-order valence-electron chi connectivity index (χ0n) is 12.4.